The number of amidine groups is 1. The Hall–Kier alpha value is -2.90. The Kier molecular flexibility index (Phi) is 5.97. The van der Waals surface area contributed by atoms with Gasteiger partial charge in [-0.15, -0.1) is 6.42 Å². The number of carbonyl (C=O) groups excluding carboxylic acids is 1. The Balaban J connectivity index is 1.64. The molecule has 3 N–H and O–H groups in total. The molecule has 172 valence electrons. The SMILES string of the molecule is C#CCOc1cnc(C(=O)Nc2cc(F)c(F)c([C@]3(C)N=C(N)S[C@@]4(CF)C[C@H]43)c2)c(Cl)c1. The van der Waals surface area contributed by atoms with Crippen molar-refractivity contribution in [1.29, 1.82) is 0 Å². The number of fused-ring (bicyclic) bond motifs is 1. The molecule has 0 saturated heterocycles. The lowest BCUT2D eigenvalue weighted by molar-refractivity contribution is 0.102. The fourth-order valence-corrected chi connectivity index (χ4v) is 5.65. The zero-order chi connectivity index (χ0) is 24.0. The summed E-state index contributed by atoms with van der Waals surface area (Å²) in [5.41, 5.74) is 4.27. The van der Waals surface area contributed by atoms with Gasteiger partial charge < -0.3 is 15.8 Å². The summed E-state index contributed by atoms with van der Waals surface area (Å²) >= 11 is 7.23. The summed E-state index contributed by atoms with van der Waals surface area (Å²) in [5, 5.41) is 2.54. The lowest BCUT2D eigenvalue weighted by Crippen LogP contribution is -2.37. The number of halogens is 4. The van der Waals surface area contributed by atoms with Crippen molar-refractivity contribution < 1.29 is 22.7 Å². The summed E-state index contributed by atoms with van der Waals surface area (Å²) in [7, 11) is 0. The lowest BCUT2D eigenvalue weighted by atomic mass is 9.85. The summed E-state index contributed by atoms with van der Waals surface area (Å²) in [4.78, 5) is 21.0. The van der Waals surface area contributed by atoms with Crippen LogP contribution >= 0.6 is 23.4 Å². The molecule has 6 nitrogen and oxygen atoms in total. The minimum Gasteiger partial charge on any atom is -0.479 e. The van der Waals surface area contributed by atoms with Crippen LogP contribution in [-0.4, -0.2) is 34.1 Å². The van der Waals surface area contributed by atoms with Crippen LogP contribution in [0.3, 0.4) is 0 Å². The van der Waals surface area contributed by atoms with Crippen LogP contribution in [0.15, 0.2) is 29.4 Å². The second-order valence-corrected chi connectivity index (χ2v) is 9.77. The average molecular weight is 495 g/mol. The molecule has 4 rings (SSSR count). The summed E-state index contributed by atoms with van der Waals surface area (Å²) in [6.07, 6.45) is 6.80. The smallest absolute Gasteiger partial charge is 0.275 e. The molecule has 1 aromatic carbocycles. The first kappa shape index (κ1) is 23.3. The van der Waals surface area contributed by atoms with E-state index in [1.54, 1.807) is 6.92 Å². The Morgan fingerprint density at radius 3 is 2.88 bits per heavy atom. The number of terminal acetylenes is 1. The van der Waals surface area contributed by atoms with Crippen molar-refractivity contribution in [3.05, 3.63) is 52.3 Å². The first-order valence-electron chi connectivity index (χ1n) is 9.76. The Bertz CT molecular complexity index is 1220. The fourth-order valence-electron chi connectivity index (χ4n) is 4.08. The van der Waals surface area contributed by atoms with E-state index >= 15 is 0 Å². The van der Waals surface area contributed by atoms with Crippen molar-refractivity contribution in [2.45, 2.75) is 23.6 Å². The highest BCUT2D eigenvalue weighted by Crippen LogP contribution is 2.66. The van der Waals surface area contributed by atoms with Crippen molar-refractivity contribution >= 4 is 40.1 Å². The third kappa shape index (κ3) is 4.11. The standard InChI is InChI=1S/C22H18ClF3N4O2S/c1-3-4-32-12-7-14(23)18(28-9-12)19(31)29-11-5-13(17(26)15(25)6-11)21(2)16-8-22(16,10-24)33-20(27)30-21/h1,5-7,9,16H,4,8,10H2,2H3,(H2,27,30)(H,29,31)/t16-,21-,22+/m0/s1. The predicted octanol–water partition coefficient (Wildman–Crippen LogP) is 4.28. The maximum absolute atomic E-state index is 14.9. The van der Waals surface area contributed by atoms with Crippen LogP contribution in [0.5, 0.6) is 5.75 Å². The number of aliphatic imine (C=N–C) groups is 1. The van der Waals surface area contributed by atoms with Gasteiger partial charge in [-0.2, -0.15) is 0 Å². The molecule has 3 atom stereocenters. The fraction of sp³-hybridized carbons (Fsp3) is 0.318. The Morgan fingerprint density at radius 2 is 2.21 bits per heavy atom. The highest BCUT2D eigenvalue weighted by atomic mass is 35.5. The average Bonchev–Trinajstić information content (AvgIpc) is 3.50. The third-order valence-electron chi connectivity index (χ3n) is 5.76. The van der Waals surface area contributed by atoms with Crippen LogP contribution < -0.4 is 15.8 Å². The van der Waals surface area contributed by atoms with Gasteiger partial charge >= 0.3 is 0 Å². The highest BCUT2D eigenvalue weighted by Gasteiger charge is 2.66. The van der Waals surface area contributed by atoms with Gasteiger partial charge in [0.05, 0.1) is 21.5 Å². The van der Waals surface area contributed by atoms with Gasteiger partial charge in [-0.1, -0.05) is 29.3 Å². The van der Waals surface area contributed by atoms with E-state index in [9.17, 15) is 18.0 Å². The minimum absolute atomic E-state index is 0.00383. The summed E-state index contributed by atoms with van der Waals surface area (Å²) in [5.74, 6) is -0.902. The van der Waals surface area contributed by atoms with E-state index in [0.29, 0.717) is 6.42 Å². The second-order valence-electron chi connectivity index (χ2n) is 7.92. The molecule has 1 amide bonds. The second kappa shape index (κ2) is 8.47. The summed E-state index contributed by atoms with van der Waals surface area (Å²) in [6.45, 7) is 0.911. The molecular weight excluding hydrogens is 477 g/mol. The number of anilines is 1. The number of aromatic nitrogens is 1. The normalized spacial score (nSPS) is 25.5. The van der Waals surface area contributed by atoms with Crippen LogP contribution in [0.25, 0.3) is 0 Å². The first-order chi connectivity index (χ1) is 15.6. The molecule has 11 heteroatoms. The number of hydrogen-bond donors (Lipinski definition) is 2. The van der Waals surface area contributed by atoms with Crippen LogP contribution in [-0.2, 0) is 5.54 Å². The van der Waals surface area contributed by atoms with Crippen molar-refractivity contribution in [1.82, 2.24) is 4.98 Å². The highest BCUT2D eigenvalue weighted by molar-refractivity contribution is 8.15. The maximum Gasteiger partial charge on any atom is 0.275 e. The molecule has 1 aliphatic heterocycles. The van der Waals surface area contributed by atoms with Gasteiger partial charge in [-0.05, 0) is 19.4 Å². The van der Waals surface area contributed by atoms with Gasteiger partial charge in [0, 0.05) is 29.3 Å². The van der Waals surface area contributed by atoms with E-state index in [4.69, 9.17) is 28.5 Å². The van der Waals surface area contributed by atoms with Gasteiger partial charge in [0.25, 0.3) is 5.91 Å². The molecule has 2 aromatic rings. The van der Waals surface area contributed by atoms with Crippen LogP contribution in [0, 0.1) is 29.9 Å². The van der Waals surface area contributed by atoms with Gasteiger partial charge in [-0.25, -0.2) is 18.2 Å². The zero-order valence-corrected chi connectivity index (χ0v) is 18.9. The maximum atomic E-state index is 14.9. The van der Waals surface area contributed by atoms with E-state index in [1.165, 1.54) is 18.3 Å². The van der Waals surface area contributed by atoms with E-state index in [-0.39, 0.29) is 45.4 Å². The number of rotatable bonds is 6. The van der Waals surface area contributed by atoms with E-state index < -0.39 is 34.5 Å². The Morgan fingerprint density at radius 1 is 1.45 bits per heavy atom. The van der Waals surface area contributed by atoms with Crippen molar-refractivity contribution in [3.8, 4) is 18.1 Å². The molecule has 33 heavy (non-hydrogen) atoms. The number of pyridine rings is 1. The molecule has 2 aliphatic rings. The molecule has 1 aliphatic carbocycles. The number of ether oxygens (including phenoxy) is 1. The van der Waals surface area contributed by atoms with Crippen molar-refractivity contribution in [2.24, 2.45) is 16.6 Å². The molecular formula is C22H18ClF3N4O2S. The number of amides is 1. The van der Waals surface area contributed by atoms with Gasteiger partial charge in [0.2, 0.25) is 0 Å². The van der Waals surface area contributed by atoms with Crippen LogP contribution in [0.4, 0.5) is 18.9 Å². The number of benzene rings is 1. The van der Waals surface area contributed by atoms with Gasteiger partial charge in [0.1, 0.15) is 24.7 Å². The van der Waals surface area contributed by atoms with Crippen LogP contribution in [0.1, 0.15) is 29.4 Å². The topological polar surface area (TPSA) is 89.6 Å². The minimum atomic E-state index is -1.29. The Labute approximate surface area is 197 Å². The lowest BCUT2D eigenvalue weighted by Gasteiger charge is -2.33. The monoisotopic (exact) mass is 494 g/mol. The quantitative estimate of drug-likeness (QED) is 0.585. The molecule has 1 fully saturated rings. The largest absolute Gasteiger partial charge is 0.479 e. The van der Waals surface area contributed by atoms with E-state index in [1.807, 2.05) is 0 Å². The van der Waals surface area contributed by atoms with Gasteiger partial charge in [-0.3, -0.25) is 9.79 Å². The molecule has 0 unspecified atom stereocenters. The molecule has 0 radical (unpaired) electrons. The first-order valence-corrected chi connectivity index (χ1v) is 11.0. The molecule has 1 aromatic heterocycles. The molecule has 1 saturated carbocycles. The van der Waals surface area contributed by atoms with Gasteiger partial charge in [0.15, 0.2) is 16.8 Å². The number of nitrogens with zero attached hydrogens (tertiary/aromatic N) is 2. The number of thioether (sulfide) groups is 1. The van der Waals surface area contributed by atoms with E-state index in [2.05, 4.69) is 21.2 Å². The van der Waals surface area contributed by atoms with Crippen molar-refractivity contribution in [2.75, 3.05) is 18.6 Å². The number of hydrogen-bond acceptors (Lipinski definition) is 6. The number of nitrogens with two attached hydrogens (primary N) is 1. The van der Waals surface area contributed by atoms with E-state index in [0.717, 1.165) is 17.8 Å². The predicted molar refractivity (Wildman–Crippen MR) is 121 cm³/mol. The molecule has 2 heterocycles. The zero-order valence-electron chi connectivity index (χ0n) is 17.3. The number of nitrogens with one attached hydrogen (secondary N) is 1. The number of carbonyl (C=O) groups is 1. The summed E-state index contributed by atoms with van der Waals surface area (Å²) in [6, 6.07) is 3.46. The van der Waals surface area contributed by atoms with Crippen molar-refractivity contribution in [3.63, 3.8) is 0 Å². The summed E-state index contributed by atoms with van der Waals surface area (Å²) < 4.78 is 47.5. The third-order valence-corrected chi connectivity index (χ3v) is 7.32. The molecule has 0 bridgehead atoms. The number of alkyl halides is 1. The van der Waals surface area contributed by atoms with Crippen LogP contribution in [0.2, 0.25) is 5.02 Å². The molecule has 0 spiro atoms.